The number of aliphatic hydroxyl groups is 1. The molecule has 1 aliphatic heterocycles. The highest BCUT2D eigenvalue weighted by Crippen LogP contribution is 2.27. The normalized spacial score (nSPS) is 24.5. The lowest BCUT2D eigenvalue weighted by molar-refractivity contribution is 0.0331. The Morgan fingerprint density at radius 3 is 3.00 bits per heavy atom. The quantitative estimate of drug-likeness (QED) is 0.837. The van der Waals surface area contributed by atoms with Crippen LogP contribution in [0.1, 0.15) is 45.1 Å². The van der Waals surface area contributed by atoms with Crippen LogP contribution in [0.3, 0.4) is 0 Å². The smallest absolute Gasteiger partial charge is 0.0913 e. The fourth-order valence-corrected chi connectivity index (χ4v) is 2.51. The number of hydrogen-bond acceptors (Lipinski definition) is 3. The number of nitrogens with zero attached hydrogens (tertiary/aromatic N) is 2. The lowest BCUT2D eigenvalue weighted by atomic mass is 9.88. The molecule has 0 aromatic carbocycles. The SMILES string of the molecule is CCn1cc(C(C)(O)CC2CCCCN2)cn1. The predicted octanol–water partition coefficient (Wildman–Crippen LogP) is 1.64. The summed E-state index contributed by atoms with van der Waals surface area (Å²) in [5.74, 6) is 0. The molecule has 0 bridgehead atoms. The highest BCUT2D eigenvalue weighted by Gasteiger charge is 2.29. The summed E-state index contributed by atoms with van der Waals surface area (Å²) in [4.78, 5) is 0. The van der Waals surface area contributed by atoms with E-state index in [1.54, 1.807) is 6.20 Å². The van der Waals surface area contributed by atoms with Gasteiger partial charge in [-0.25, -0.2) is 0 Å². The van der Waals surface area contributed by atoms with Crippen LogP contribution in [0.2, 0.25) is 0 Å². The number of piperidine rings is 1. The molecule has 2 unspecified atom stereocenters. The summed E-state index contributed by atoms with van der Waals surface area (Å²) in [6.07, 6.45) is 8.18. The fourth-order valence-electron chi connectivity index (χ4n) is 2.51. The van der Waals surface area contributed by atoms with Gasteiger partial charge in [0.15, 0.2) is 0 Å². The summed E-state index contributed by atoms with van der Waals surface area (Å²) in [6, 6.07) is 0.434. The first-order valence-corrected chi connectivity index (χ1v) is 6.60. The molecule has 4 nitrogen and oxygen atoms in total. The summed E-state index contributed by atoms with van der Waals surface area (Å²) in [6.45, 7) is 5.86. The maximum atomic E-state index is 10.6. The first-order chi connectivity index (χ1) is 8.12. The molecule has 0 radical (unpaired) electrons. The van der Waals surface area contributed by atoms with Gasteiger partial charge in [0, 0.05) is 24.3 Å². The molecule has 0 spiro atoms. The second-order valence-corrected chi connectivity index (χ2v) is 5.21. The highest BCUT2D eigenvalue weighted by molar-refractivity contribution is 5.14. The van der Waals surface area contributed by atoms with Gasteiger partial charge in [-0.15, -0.1) is 0 Å². The van der Waals surface area contributed by atoms with Crippen LogP contribution >= 0.6 is 0 Å². The molecule has 0 saturated carbocycles. The molecular formula is C13H23N3O. The van der Waals surface area contributed by atoms with Gasteiger partial charge < -0.3 is 10.4 Å². The third-order valence-electron chi connectivity index (χ3n) is 3.64. The maximum absolute atomic E-state index is 10.6. The Kier molecular flexibility index (Phi) is 3.84. The number of nitrogens with one attached hydrogen (secondary N) is 1. The van der Waals surface area contributed by atoms with Crippen molar-refractivity contribution < 1.29 is 5.11 Å². The van der Waals surface area contributed by atoms with Crippen LogP contribution in [0.15, 0.2) is 12.4 Å². The Morgan fingerprint density at radius 1 is 1.59 bits per heavy atom. The highest BCUT2D eigenvalue weighted by atomic mass is 16.3. The second-order valence-electron chi connectivity index (χ2n) is 5.21. The van der Waals surface area contributed by atoms with Gasteiger partial charge >= 0.3 is 0 Å². The molecule has 1 fully saturated rings. The van der Waals surface area contributed by atoms with Gasteiger partial charge in [-0.05, 0) is 39.7 Å². The number of rotatable bonds is 4. The lowest BCUT2D eigenvalue weighted by Crippen LogP contribution is -2.39. The molecule has 4 heteroatoms. The molecule has 1 aliphatic rings. The first-order valence-electron chi connectivity index (χ1n) is 6.60. The van der Waals surface area contributed by atoms with E-state index >= 15 is 0 Å². The van der Waals surface area contributed by atoms with Crippen molar-refractivity contribution in [3.8, 4) is 0 Å². The second kappa shape index (κ2) is 5.19. The van der Waals surface area contributed by atoms with Gasteiger partial charge in [0.05, 0.1) is 11.8 Å². The molecule has 1 saturated heterocycles. The standard InChI is InChI=1S/C13H23N3O/c1-3-16-10-11(9-15-16)13(2,17)8-12-6-4-5-7-14-12/h9-10,12,14,17H,3-8H2,1-2H3. The molecule has 2 rings (SSSR count). The van der Waals surface area contributed by atoms with E-state index in [1.165, 1.54) is 12.8 Å². The van der Waals surface area contributed by atoms with Crippen molar-refractivity contribution in [2.45, 2.75) is 57.7 Å². The molecule has 1 aromatic rings. The fraction of sp³-hybridized carbons (Fsp3) is 0.769. The van der Waals surface area contributed by atoms with Gasteiger partial charge in [0.2, 0.25) is 0 Å². The van der Waals surface area contributed by atoms with Gasteiger partial charge in [0.25, 0.3) is 0 Å². The first kappa shape index (κ1) is 12.6. The van der Waals surface area contributed by atoms with Crippen molar-refractivity contribution in [3.63, 3.8) is 0 Å². The van der Waals surface area contributed by atoms with E-state index < -0.39 is 5.60 Å². The van der Waals surface area contributed by atoms with E-state index in [1.807, 2.05) is 24.7 Å². The summed E-state index contributed by atoms with van der Waals surface area (Å²) in [5, 5.41) is 18.3. The van der Waals surface area contributed by atoms with E-state index in [0.717, 1.165) is 31.5 Å². The number of aryl methyl sites for hydroxylation is 1. The van der Waals surface area contributed by atoms with Gasteiger partial charge in [0.1, 0.15) is 0 Å². The summed E-state index contributed by atoms with van der Waals surface area (Å²) < 4.78 is 1.86. The van der Waals surface area contributed by atoms with Crippen LogP contribution < -0.4 is 5.32 Å². The maximum Gasteiger partial charge on any atom is 0.0913 e. The molecular weight excluding hydrogens is 214 g/mol. The van der Waals surface area contributed by atoms with Crippen molar-refractivity contribution in [1.29, 1.82) is 0 Å². The van der Waals surface area contributed by atoms with Crippen molar-refractivity contribution in [3.05, 3.63) is 18.0 Å². The third kappa shape index (κ3) is 3.07. The van der Waals surface area contributed by atoms with Gasteiger partial charge in [-0.3, -0.25) is 4.68 Å². The van der Waals surface area contributed by atoms with Crippen molar-refractivity contribution in [2.24, 2.45) is 0 Å². The van der Waals surface area contributed by atoms with Crippen LogP contribution in [-0.4, -0.2) is 27.5 Å². The minimum absolute atomic E-state index is 0.434. The van der Waals surface area contributed by atoms with E-state index in [2.05, 4.69) is 10.4 Å². The largest absolute Gasteiger partial charge is 0.385 e. The van der Waals surface area contributed by atoms with Crippen LogP contribution in [0, 0.1) is 0 Å². The van der Waals surface area contributed by atoms with E-state index in [9.17, 15) is 5.11 Å². The zero-order valence-electron chi connectivity index (χ0n) is 10.8. The summed E-state index contributed by atoms with van der Waals surface area (Å²) >= 11 is 0. The Hall–Kier alpha value is -0.870. The molecule has 0 aliphatic carbocycles. The van der Waals surface area contributed by atoms with E-state index in [-0.39, 0.29) is 0 Å². The summed E-state index contributed by atoms with van der Waals surface area (Å²) in [5.41, 5.74) is 0.148. The summed E-state index contributed by atoms with van der Waals surface area (Å²) in [7, 11) is 0. The monoisotopic (exact) mass is 237 g/mol. The van der Waals surface area contributed by atoms with Crippen LogP contribution in [0.4, 0.5) is 0 Å². The van der Waals surface area contributed by atoms with Crippen LogP contribution in [0.25, 0.3) is 0 Å². The third-order valence-corrected chi connectivity index (χ3v) is 3.64. The van der Waals surface area contributed by atoms with E-state index in [0.29, 0.717) is 6.04 Å². The molecule has 96 valence electrons. The van der Waals surface area contributed by atoms with Crippen LogP contribution in [0.5, 0.6) is 0 Å². The van der Waals surface area contributed by atoms with Crippen molar-refractivity contribution in [1.82, 2.24) is 15.1 Å². The molecule has 1 aromatic heterocycles. The average molecular weight is 237 g/mol. The average Bonchev–Trinajstić information content (AvgIpc) is 2.79. The van der Waals surface area contributed by atoms with Gasteiger partial charge in [-0.1, -0.05) is 6.42 Å². The molecule has 2 N–H and O–H groups in total. The van der Waals surface area contributed by atoms with Gasteiger partial charge in [-0.2, -0.15) is 5.10 Å². The Labute approximate surface area is 103 Å². The number of aromatic nitrogens is 2. The lowest BCUT2D eigenvalue weighted by Gasteiger charge is -2.31. The molecule has 2 heterocycles. The van der Waals surface area contributed by atoms with E-state index in [4.69, 9.17) is 0 Å². The Balaban J connectivity index is 2.01. The van der Waals surface area contributed by atoms with Crippen LogP contribution in [-0.2, 0) is 12.1 Å². The minimum atomic E-state index is -0.775. The molecule has 2 atom stereocenters. The number of hydrogen-bond donors (Lipinski definition) is 2. The van der Waals surface area contributed by atoms with Crippen molar-refractivity contribution >= 4 is 0 Å². The Bertz CT molecular complexity index is 353. The molecule has 17 heavy (non-hydrogen) atoms. The Morgan fingerprint density at radius 2 is 2.41 bits per heavy atom. The molecule has 0 amide bonds. The van der Waals surface area contributed by atoms with Crippen molar-refractivity contribution in [2.75, 3.05) is 6.54 Å². The predicted molar refractivity (Wildman–Crippen MR) is 67.7 cm³/mol. The zero-order chi connectivity index (χ0) is 12.3. The zero-order valence-corrected chi connectivity index (χ0v) is 10.8. The topological polar surface area (TPSA) is 50.1 Å². The minimum Gasteiger partial charge on any atom is -0.385 e.